The highest BCUT2D eigenvalue weighted by Gasteiger charge is 2.26. The van der Waals surface area contributed by atoms with Gasteiger partial charge in [0.2, 0.25) is 0 Å². The predicted molar refractivity (Wildman–Crippen MR) is 52.8 cm³/mol. The lowest BCUT2D eigenvalue weighted by Gasteiger charge is -2.01. The molecule has 74 valence electrons. The van der Waals surface area contributed by atoms with Gasteiger partial charge < -0.3 is 4.52 Å². The van der Waals surface area contributed by atoms with Crippen LogP contribution in [0.3, 0.4) is 0 Å². The Balaban J connectivity index is 2.27. The fourth-order valence-electron chi connectivity index (χ4n) is 1.04. The van der Waals surface area contributed by atoms with Gasteiger partial charge in [-0.2, -0.15) is 9.86 Å². The smallest absolute Gasteiger partial charge is 0.308 e. The minimum atomic E-state index is -3.03. The van der Waals surface area contributed by atoms with Gasteiger partial charge in [-0.3, -0.25) is 4.57 Å². The van der Waals surface area contributed by atoms with Gasteiger partial charge in [-0.1, -0.05) is 0 Å². The fraction of sp³-hybridized carbons (Fsp3) is 0.286. The van der Waals surface area contributed by atoms with Crippen molar-refractivity contribution in [3.05, 3.63) is 18.5 Å². The molecule has 1 aromatic heterocycles. The SMILES string of the molecule is CCOP1(=O)C=NC(n2cccn2)=N1. The van der Waals surface area contributed by atoms with Crippen molar-refractivity contribution in [1.82, 2.24) is 9.78 Å². The van der Waals surface area contributed by atoms with Gasteiger partial charge in [0.15, 0.2) is 0 Å². The van der Waals surface area contributed by atoms with Gasteiger partial charge in [0, 0.05) is 12.4 Å². The van der Waals surface area contributed by atoms with Gasteiger partial charge in [-0.05, 0) is 13.0 Å². The fourth-order valence-corrected chi connectivity index (χ4v) is 2.23. The van der Waals surface area contributed by atoms with Crippen LogP contribution in [0.15, 0.2) is 28.2 Å². The molecule has 0 saturated heterocycles. The van der Waals surface area contributed by atoms with Gasteiger partial charge in [-0.25, -0.2) is 9.67 Å². The normalized spacial score (nSPS) is 25.4. The van der Waals surface area contributed by atoms with E-state index in [0.29, 0.717) is 12.6 Å². The van der Waals surface area contributed by atoms with E-state index in [1.807, 2.05) is 0 Å². The van der Waals surface area contributed by atoms with Crippen molar-refractivity contribution in [2.24, 2.45) is 9.76 Å². The first-order valence-corrected chi connectivity index (χ1v) is 5.78. The largest absolute Gasteiger partial charge is 0.358 e. The molecule has 2 rings (SSSR count). The van der Waals surface area contributed by atoms with E-state index in [2.05, 4.69) is 14.9 Å². The minimum absolute atomic E-state index is 0.298. The average molecular weight is 212 g/mol. The van der Waals surface area contributed by atoms with Gasteiger partial charge in [0.05, 0.1) is 6.61 Å². The highest BCUT2D eigenvalue weighted by Crippen LogP contribution is 2.48. The molecule has 1 aliphatic rings. The van der Waals surface area contributed by atoms with Gasteiger partial charge in [0.25, 0.3) is 5.96 Å². The Morgan fingerprint density at radius 1 is 1.64 bits per heavy atom. The molecule has 0 N–H and O–H groups in total. The summed E-state index contributed by atoms with van der Waals surface area (Å²) in [7, 11) is -3.03. The van der Waals surface area contributed by atoms with Crippen molar-refractivity contribution in [1.29, 1.82) is 0 Å². The zero-order valence-corrected chi connectivity index (χ0v) is 8.46. The molecule has 1 atom stereocenters. The van der Waals surface area contributed by atoms with Crippen LogP contribution >= 0.6 is 7.52 Å². The Morgan fingerprint density at radius 3 is 3.14 bits per heavy atom. The molecule has 14 heavy (non-hydrogen) atoms. The maximum Gasteiger partial charge on any atom is 0.358 e. The van der Waals surface area contributed by atoms with Crippen molar-refractivity contribution < 1.29 is 9.09 Å². The molecule has 0 spiro atoms. The topological polar surface area (TPSA) is 68.8 Å². The molecule has 0 radical (unpaired) electrons. The van der Waals surface area contributed by atoms with Crippen LogP contribution in [0.25, 0.3) is 0 Å². The van der Waals surface area contributed by atoms with Crippen LogP contribution in [-0.2, 0) is 9.09 Å². The third kappa shape index (κ3) is 1.66. The molecule has 2 heterocycles. The summed E-state index contributed by atoms with van der Waals surface area (Å²) in [6, 6.07) is 1.74. The van der Waals surface area contributed by atoms with Crippen molar-refractivity contribution >= 4 is 19.4 Å². The third-order valence-electron chi connectivity index (χ3n) is 1.57. The number of hydrogen-bond donors (Lipinski definition) is 0. The second kappa shape index (κ2) is 3.48. The Morgan fingerprint density at radius 2 is 2.50 bits per heavy atom. The Kier molecular flexibility index (Phi) is 2.31. The van der Waals surface area contributed by atoms with Crippen LogP contribution in [0.1, 0.15) is 6.92 Å². The van der Waals surface area contributed by atoms with Crippen molar-refractivity contribution in [2.75, 3.05) is 6.61 Å². The maximum atomic E-state index is 11.7. The van der Waals surface area contributed by atoms with Crippen LogP contribution in [-0.4, -0.2) is 28.3 Å². The molecular weight excluding hydrogens is 203 g/mol. The lowest BCUT2D eigenvalue weighted by molar-refractivity contribution is 0.345. The molecule has 6 nitrogen and oxygen atoms in total. The van der Waals surface area contributed by atoms with Crippen LogP contribution in [0.2, 0.25) is 0 Å². The molecule has 0 fully saturated rings. The van der Waals surface area contributed by atoms with Crippen molar-refractivity contribution in [3.63, 3.8) is 0 Å². The zero-order chi connectivity index (χ0) is 10.0. The van der Waals surface area contributed by atoms with Crippen molar-refractivity contribution in [3.8, 4) is 0 Å². The van der Waals surface area contributed by atoms with E-state index in [4.69, 9.17) is 4.52 Å². The van der Waals surface area contributed by atoms with E-state index in [9.17, 15) is 4.57 Å². The minimum Gasteiger partial charge on any atom is -0.308 e. The van der Waals surface area contributed by atoms with Gasteiger partial charge >= 0.3 is 7.52 Å². The quantitative estimate of drug-likeness (QED) is 0.695. The second-order valence-electron chi connectivity index (χ2n) is 2.58. The van der Waals surface area contributed by atoms with Gasteiger partial charge in [-0.15, -0.1) is 0 Å². The summed E-state index contributed by atoms with van der Waals surface area (Å²) in [5, 5.41) is 3.92. The van der Waals surface area contributed by atoms with Crippen LogP contribution in [0.4, 0.5) is 0 Å². The van der Waals surface area contributed by atoms with E-state index in [1.165, 1.54) is 10.6 Å². The summed E-state index contributed by atoms with van der Waals surface area (Å²) >= 11 is 0. The first kappa shape index (κ1) is 9.30. The third-order valence-corrected chi connectivity index (χ3v) is 3.06. The van der Waals surface area contributed by atoms with E-state index >= 15 is 0 Å². The highest BCUT2D eigenvalue weighted by atomic mass is 31.2. The number of hydrogen-bond acceptors (Lipinski definition) is 4. The summed E-state index contributed by atoms with van der Waals surface area (Å²) in [6.07, 6.45) is 3.28. The summed E-state index contributed by atoms with van der Waals surface area (Å²) < 4.78 is 22.0. The second-order valence-corrected chi connectivity index (χ2v) is 4.39. The number of aromatic nitrogens is 2. The zero-order valence-electron chi connectivity index (χ0n) is 7.57. The predicted octanol–water partition coefficient (Wildman–Crippen LogP) is 1.36. The van der Waals surface area contributed by atoms with Crippen LogP contribution in [0.5, 0.6) is 0 Å². The molecule has 7 heteroatoms. The van der Waals surface area contributed by atoms with Crippen LogP contribution < -0.4 is 0 Å². The summed E-state index contributed by atoms with van der Waals surface area (Å²) in [5.41, 5.74) is 0. The molecule has 1 aliphatic heterocycles. The van der Waals surface area contributed by atoms with E-state index in [-0.39, 0.29) is 0 Å². The summed E-state index contributed by atoms with van der Waals surface area (Å²) in [4.78, 5) is 3.89. The van der Waals surface area contributed by atoms with Crippen molar-refractivity contribution in [2.45, 2.75) is 6.92 Å². The van der Waals surface area contributed by atoms with E-state index in [1.54, 1.807) is 25.4 Å². The molecule has 0 aromatic carbocycles. The molecule has 0 bridgehead atoms. The highest BCUT2D eigenvalue weighted by molar-refractivity contribution is 7.73. The molecule has 0 aliphatic carbocycles. The number of nitrogens with zero attached hydrogens (tertiary/aromatic N) is 4. The van der Waals surface area contributed by atoms with Crippen LogP contribution in [0, 0.1) is 0 Å². The first-order valence-electron chi connectivity index (χ1n) is 4.13. The standard InChI is InChI=1S/C7H9N4O2P/c1-2-13-14(12)6-8-7(10-14)11-5-3-4-9-11/h3-6H,2H2,1H3. The van der Waals surface area contributed by atoms with E-state index < -0.39 is 7.52 Å². The monoisotopic (exact) mass is 212 g/mol. The summed E-state index contributed by atoms with van der Waals surface area (Å²) in [6.45, 7) is 2.11. The first-order chi connectivity index (χ1) is 6.73. The number of aliphatic imine (C=N–C) groups is 1. The molecule has 0 saturated carbocycles. The summed E-state index contributed by atoms with van der Waals surface area (Å²) in [5.74, 6) is 1.54. The maximum absolute atomic E-state index is 11.7. The molecule has 1 unspecified atom stereocenters. The van der Waals surface area contributed by atoms with Gasteiger partial charge in [0.1, 0.15) is 5.96 Å². The lowest BCUT2D eigenvalue weighted by Crippen LogP contribution is -2.06. The average Bonchev–Trinajstić information content (AvgIpc) is 2.73. The Bertz CT molecular complexity index is 423. The number of rotatable bonds is 2. The molecule has 1 aromatic rings. The lowest BCUT2D eigenvalue weighted by atomic mass is 10.7. The molecular formula is C7H9N4O2P. The van der Waals surface area contributed by atoms with E-state index in [0.717, 1.165) is 0 Å². The molecule has 0 amide bonds. The Hall–Kier alpha value is -1.26. The Labute approximate surface area is 80.8 Å².